The van der Waals surface area contributed by atoms with E-state index in [9.17, 15) is 9.59 Å². The zero-order valence-corrected chi connectivity index (χ0v) is 16.0. The maximum atomic E-state index is 11.8. The van der Waals surface area contributed by atoms with Gasteiger partial charge in [0.1, 0.15) is 0 Å². The highest BCUT2D eigenvalue weighted by atomic mass is 79.9. The standard InChI is InChI=1S/C10H16Br4N2O2/c11-4-6(13)1-10(9(16)18,3-8(15)17)2-7(14)5-12/h6-7H,1-5H2,(H2,15,17)(H2,16,18). The van der Waals surface area contributed by atoms with Gasteiger partial charge in [-0.3, -0.25) is 9.59 Å². The largest absolute Gasteiger partial charge is 0.370 e. The topological polar surface area (TPSA) is 86.2 Å². The van der Waals surface area contributed by atoms with Gasteiger partial charge >= 0.3 is 0 Å². The van der Waals surface area contributed by atoms with Crippen molar-refractivity contribution in [1.29, 1.82) is 0 Å². The van der Waals surface area contributed by atoms with Crippen molar-refractivity contribution in [3.63, 3.8) is 0 Å². The molecule has 18 heavy (non-hydrogen) atoms. The van der Waals surface area contributed by atoms with Crippen molar-refractivity contribution in [2.45, 2.75) is 28.9 Å². The molecule has 2 amide bonds. The van der Waals surface area contributed by atoms with Crippen LogP contribution in [0.1, 0.15) is 19.3 Å². The zero-order valence-electron chi connectivity index (χ0n) is 9.67. The van der Waals surface area contributed by atoms with Crippen molar-refractivity contribution in [2.24, 2.45) is 16.9 Å². The van der Waals surface area contributed by atoms with Gasteiger partial charge in [-0.2, -0.15) is 0 Å². The molecule has 106 valence electrons. The van der Waals surface area contributed by atoms with Crippen LogP contribution < -0.4 is 11.5 Å². The van der Waals surface area contributed by atoms with Crippen LogP contribution in [-0.2, 0) is 9.59 Å². The van der Waals surface area contributed by atoms with E-state index in [1.165, 1.54) is 0 Å². The highest BCUT2D eigenvalue weighted by molar-refractivity contribution is 9.12. The van der Waals surface area contributed by atoms with E-state index < -0.39 is 17.2 Å². The minimum absolute atomic E-state index is 0.0352. The van der Waals surface area contributed by atoms with Crippen LogP contribution in [0.25, 0.3) is 0 Å². The molecule has 0 spiro atoms. The molecule has 0 aromatic heterocycles. The average molecular weight is 516 g/mol. The third-order valence-electron chi connectivity index (χ3n) is 2.59. The van der Waals surface area contributed by atoms with Crippen LogP contribution in [0, 0.1) is 5.41 Å². The quantitative estimate of drug-likeness (QED) is 0.462. The molecule has 8 heteroatoms. The van der Waals surface area contributed by atoms with E-state index >= 15 is 0 Å². The Morgan fingerprint density at radius 3 is 1.61 bits per heavy atom. The summed E-state index contributed by atoms with van der Waals surface area (Å²) in [5.41, 5.74) is 9.84. The second kappa shape index (κ2) is 8.92. The van der Waals surface area contributed by atoms with Crippen molar-refractivity contribution in [2.75, 3.05) is 10.7 Å². The van der Waals surface area contributed by atoms with Gasteiger partial charge in [0.25, 0.3) is 0 Å². The maximum absolute atomic E-state index is 11.8. The molecule has 4 nitrogen and oxygen atoms in total. The Bertz CT molecular complexity index is 290. The number of nitrogens with two attached hydrogens (primary N) is 2. The molecular formula is C10H16Br4N2O2. The van der Waals surface area contributed by atoms with E-state index in [1.807, 2.05) is 0 Å². The van der Waals surface area contributed by atoms with Crippen LogP contribution in [0.5, 0.6) is 0 Å². The molecular weight excluding hydrogens is 500 g/mol. The molecule has 0 rings (SSSR count). The normalized spacial score (nSPS) is 17.8. The van der Waals surface area contributed by atoms with Gasteiger partial charge in [-0.25, -0.2) is 0 Å². The first-order chi connectivity index (χ1) is 8.27. The molecule has 2 unspecified atom stereocenters. The number of rotatable bonds is 9. The number of hydrogen-bond acceptors (Lipinski definition) is 2. The van der Waals surface area contributed by atoms with Crippen LogP contribution in [0.2, 0.25) is 0 Å². The van der Waals surface area contributed by atoms with Gasteiger partial charge < -0.3 is 11.5 Å². The van der Waals surface area contributed by atoms with Gasteiger partial charge in [0.15, 0.2) is 0 Å². The summed E-state index contributed by atoms with van der Waals surface area (Å²) in [5, 5.41) is 1.34. The number of halogens is 4. The van der Waals surface area contributed by atoms with Crippen molar-refractivity contribution >= 4 is 75.5 Å². The van der Waals surface area contributed by atoms with Gasteiger partial charge in [0.05, 0.1) is 5.41 Å². The minimum Gasteiger partial charge on any atom is -0.370 e. The number of carbonyl (C=O) groups is 2. The van der Waals surface area contributed by atoms with Gasteiger partial charge in [-0.05, 0) is 12.8 Å². The summed E-state index contributed by atoms with van der Waals surface area (Å²) in [5.74, 6) is -1.01. The highest BCUT2D eigenvalue weighted by Gasteiger charge is 2.41. The maximum Gasteiger partial charge on any atom is 0.224 e. The third-order valence-corrected chi connectivity index (χ3v) is 7.19. The van der Waals surface area contributed by atoms with E-state index in [2.05, 4.69) is 63.7 Å². The molecule has 0 bridgehead atoms. The lowest BCUT2D eigenvalue weighted by atomic mass is 9.75. The Balaban J connectivity index is 5.14. The SMILES string of the molecule is NC(=O)CC(CC(Br)CBr)(CC(Br)CBr)C(N)=O. The first-order valence-corrected chi connectivity index (χ1v) is 9.33. The molecule has 0 aliphatic heterocycles. The van der Waals surface area contributed by atoms with Crippen molar-refractivity contribution < 1.29 is 9.59 Å². The first-order valence-electron chi connectivity index (χ1n) is 5.25. The molecule has 0 aliphatic rings. The highest BCUT2D eigenvalue weighted by Crippen LogP contribution is 2.37. The summed E-state index contributed by atoms with van der Waals surface area (Å²) in [7, 11) is 0. The van der Waals surface area contributed by atoms with Crippen LogP contribution in [-0.4, -0.2) is 32.1 Å². The Labute approximate surface area is 140 Å². The Hall–Kier alpha value is 0.860. The zero-order chi connectivity index (χ0) is 14.3. The summed E-state index contributed by atoms with van der Waals surface area (Å²) in [6, 6.07) is 0. The second-order valence-electron chi connectivity index (χ2n) is 4.20. The molecule has 0 radical (unpaired) electrons. The lowest BCUT2D eigenvalue weighted by Gasteiger charge is -2.32. The number of carbonyl (C=O) groups excluding carboxylic acids is 2. The van der Waals surface area contributed by atoms with E-state index in [-0.39, 0.29) is 16.1 Å². The summed E-state index contributed by atoms with van der Waals surface area (Å²) in [6.45, 7) is 0. The minimum atomic E-state index is -0.921. The van der Waals surface area contributed by atoms with Gasteiger partial charge in [-0.1, -0.05) is 63.7 Å². The van der Waals surface area contributed by atoms with E-state index in [1.54, 1.807) is 0 Å². The first kappa shape index (κ1) is 18.9. The van der Waals surface area contributed by atoms with Crippen LogP contribution >= 0.6 is 63.7 Å². The number of alkyl halides is 4. The molecule has 0 saturated heterocycles. The average Bonchev–Trinajstić information content (AvgIpc) is 2.27. The molecule has 0 aliphatic carbocycles. The Kier molecular flexibility index (Phi) is 9.34. The summed E-state index contributed by atoms with van der Waals surface area (Å²) >= 11 is 13.6. The molecule has 0 fully saturated rings. The van der Waals surface area contributed by atoms with E-state index in [0.29, 0.717) is 23.5 Å². The number of hydrogen-bond donors (Lipinski definition) is 2. The van der Waals surface area contributed by atoms with Gasteiger partial charge in [-0.15, -0.1) is 0 Å². The Morgan fingerprint density at radius 2 is 1.39 bits per heavy atom. The summed E-state index contributed by atoms with van der Waals surface area (Å²) in [4.78, 5) is 23.1. The van der Waals surface area contributed by atoms with Crippen molar-refractivity contribution in [3.05, 3.63) is 0 Å². The molecule has 0 saturated carbocycles. The van der Waals surface area contributed by atoms with E-state index in [0.717, 1.165) is 0 Å². The second-order valence-corrected chi connectivity index (χ2v) is 8.08. The molecule has 0 aromatic carbocycles. The van der Waals surface area contributed by atoms with Crippen LogP contribution in [0.15, 0.2) is 0 Å². The number of amides is 2. The van der Waals surface area contributed by atoms with Crippen LogP contribution in [0.4, 0.5) is 0 Å². The molecule has 0 aromatic rings. The number of primary amides is 2. The van der Waals surface area contributed by atoms with Gasteiger partial charge in [0.2, 0.25) is 11.8 Å². The predicted octanol–water partition coefficient (Wildman–Crippen LogP) is 2.43. The third kappa shape index (κ3) is 6.34. The fourth-order valence-corrected chi connectivity index (χ4v) is 3.50. The van der Waals surface area contributed by atoms with Crippen LogP contribution in [0.3, 0.4) is 0 Å². The molecule has 4 N–H and O–H groups in total. The lowest BCUT2D eigenvalue weighted by Crippen LogP contribution is -2.44. The predicted molar refractivity (Wildman–Crippen MR) is 87.7 cm³/mol. The summed E-state index contributed by atoms with van der Waals surface area (Å²) < 4.78 is 0. The summed E-state index contributed by atoms with van der Waals surface area (Å²) in [6.07, 6.45) is 0.893. The fourth-order valence-electron chi connectivity index (χ4n) is 1.81. The fraction of sp³-hybridized carbons (Fsp3) is 0.800. The van der Waals surface area contributed by atoms with E-state index in [4.69, 9.17) is 11.5 Å². The van der Waals surface area contributed by atoms with Crippen molar-refractivity contribution in [1.82, 2.24) is 0 Å². The van der Waals surface area contributed by atoms with Gasteiger partial charge in [0, 0.05) is 26.7 Å². The lowest BCUT2D eigenvalue weighted by molar-refractivity contribution is -0.133. The van der Waals surface area contributed by atoms with Crippen molar-refractivity contribution in [3.8, 4) is 0 Å². The molecule has 2 atom stereocenters. The molecule has 0 heterocycles. The Morgan fingerprint density at radius 1 is 1.00 bits per heavy atom. The smallest absolute Gasteiger partial charge is 0.224 e. The monoisotopic (exact) mass is 512 g/mol.